The monoisotopic (exact) mass is 294 g/mol. The lowest BCUT2D eigenvalue weighted by molar-refractivity contribution is -0.394. The Balaban J connectivity index is 2.07. The number of nitro benzene ring substituents is 2. The van der Waals surface area contributed by atoms with E-state index >= 15 is 0 Å². The molecule has 0 aliphatic carbocycles. The van der Waals surface area contributed by atoms with Crippen molar-refractivity contribution in [1.82, 2.24) is 10.6 Å². The topological polar surface area (TPSA) is 127 Å². The second-order valence-electron chi connectivity index (χ2n) is 4.75. The summed E-state index contributed by atoms with van der Waals surface area (Å²) in [5, 5.41) is 27.5. The predicted octanol–water partition coefficient (Wildman–Crippen LogP) is 0.871. The number of piperidine rings is 1. The van der Waals surface area contributed by atoms with Crippen molar-refractivity contribution < 1.29 is 14.6 Å². The van der Waals surface area contributed by atoms with E-state index < -0.39 is 9.85 Å². The highest BCUT2D eigenvalue weighted by molar-refractivity contribution is 5.76. The van der Waals surface area contributed by atoms with Gasteiger partial charge in [0, 0.05) is 37.2 Å². The van der Waals surface area contributed by atoms with Gasteiger partial charge in [0.1, 0.15) is 0 Å². The molecule has 1 unspecified atom stereocenters. The Morgan fingerprint density at radius 2 is 2.05 bits per heavy atom. The van der Waals surface area contributed by atoms with Crippen LogP contribution < -0.4 is 10.6 Å². The number of benzene rings is 1. The van der Waals surface area contributed by atoms with E-state index in [0.717, 1.165) is 6.07 Å². The highest BCUT2D eigenvalue weighted by Gasteiger charge is 2.21. The molecule has 21 heavy (non-hydrogen) atoms. The highest BCUT2D eigenvalue weighted by atomic mass is 16.6. The third-order valence-corrected chi connectivity index (χ3v) is 3.32. The van der Waals surface area contributed by atoms with Crippen molar-refractivity contribution in [3.05, 3.63) is 44.0 Å². The fourth-order valence-corrected chi connectivity index (χ4v) is 2.15. The number of non-ortho nitro benzene ring substituents is 1. The molecule has 1 saturated heterocycles. The molecule has 9 heteroatoms. The van der Waals surface area contributed by atoms with Gasteiger partial charge in [-0.25, -0.2) is 0 Å². The molecule has 0 bridgehead atoms. The van der Waals surface area contributed by atoms with Gasteiger partial charge in [-0.1, -0.05) is 0 Å². The number of carbonyl (C=O) groups excluding carboxylic acids is 1. The summed E-state index contributed by atoms with van der Waals surface area (Å²) < 4.78 is 0. The van der Waals surface area contributed by atoms with Crippen LogP contribution in [0.25, 0.3) is 0 Å². The summed E-state index contributed by atoms with van der Waals surface area (Å²) in [6.07, 6.45) is 1.08. The van der Waals surface area contributed by atoms with Gasteiger partial charge < -0.3 is 10.6 Å². The number of hydrogen-bond donors (Lipinski definition) is 2. The highest BCUT2D eigenvalue weighted by Crippen LogP contribution is 2.24. The Bertz CT molecular complexity index is 579. The molecular formula is C12H14N4O5. The van der Waals surface area contributed by atoms with Crippen LogP contribution in [0.15, 0.2) is 18.2 Å². The van der Waals surface area contributed by atoms with Gasteiger partial charge in [-0.05, 0) is 12.5 Å². The van der Waals surface area contributed by atoms with Crippen LogP contribution in [0.4, 0.5) is 11.4 Å². The zero-order chi connectivity index (χ0) is 15.4. The fourth-order valence-electron chi connectivity index (χ4n) is 2.15. The van der Waals surface area contributed by atoms with Crippen molar-refractivity contribution in [3.63, 3.8) is 0 Å². The maximum atomic E-state index is 11.0. The summed E-state index contributed by atoms with van der Waals surface area (Å²) in [7, 11) is 0. The Morgan fingerprint density at radius 1 is 1.29 bits per heavy atom. The molecule has 0 radical (unpaired) electrons. The smallest absolute Gasteiger partial charge is 0.280 e. The van der Waals surface area contributed by atoms with Gasteiger partial charge >= 0.3 is 0 Å². The largest absolute Gasteiger partial charge is 0.355 e. The van der Waals surface area contributed by atoms with E-state index in [-0.39, 0.29) is 29.9 Å². The molecule has 9 nitrogen and oxygen atoms in total. The Labute approximate surface area is 119 Å². The number of nitro groups is 2. The van der Waals surface area contributed by atoms with E-state index in [9.17, 15) is 25.0 Å². The summed E-state index contributed by atoms with van der Waals surface area (Å²) in [6.45, 7) is 0.689. The van der Waals surface area contributed by atoms with Gasteiger partial charge in [-0.3, -0.25) is 25.0 Å². The predicted molar refractivity (Wildman–Crippen MR) is 72.6 cm³/mol. The first-order valence-corrected chi connectivity index (χ1v) is 6.39. The van der Waals surface area contributed by atoms with Crippen LogP contribution in [0.2, 0.25) is 0 Å². The van der Waals surface area contributed by atoms with Crippen LogP contribution in [0.3, 0.4) is 0 Å². The number of carbonyl (C=O) groups is 1. The summed E-state index contributed by atoms with van der Waals surface area (Å²) in [6, 6.07) is 3.62. The molecule has 1 fully saturated rings. The number of nitrogens with zero attached hydrogens (tertiary/aromatic N) is 2. The normalized spacial score (nSPS) is 18.1. The lowest BCUT2D eigenvalue weighted by Crippen LogP contribution is -2.45. The lowest BCUT2D eigenvalue weighted by Gasteiger charge is -2.23. The van der Waals surface area contributed by atoms with Crippen molar-refractivity contribution in [1.29, 1.82) is 0 Å². The zero-order valence-electron chi connectivity index (χ0n) is 11.1. The molecule has 0 saturated carbocycles. The van der Waals surface area contributed by atoms with Gasteiger partial charge in [0.25, 0.3) is 11.4 Å². The Morgan fingerprint density at radius 3 is 2.62 bits per heavy atom. The molecule has 0 aromatic heterocycles. The molecular weight excluding hydrogens is 280 g/mol. The molecule has 112 valence electrons. The molecule has 1 aliphatic heterocycles. The SMILES string of the molecule is O=C1CCC(NCc2ccc([N+](=O)[O-])cc2[N+](=O)[O-])CN1. The molecule has 2 N–H and O–H groups in total. The average molecular weight is 294 g/mol. The second kappa shape index (κ2) is 6.27. The first-order chi connectivity index (χ1) is 9.97. The number of hydrogen-bond acceptors (Lipinski definition) is 6. The molecule has 2 rings (SSSR count). The fraction of sp³-hybridized carbons (Fsp3) is 0.417. The van der Waals surface area contributed by atoms with Crippen LogP contribution in [-0.4, -0.2) is 28.3 Å². The number of nitrogens with one attached hydrogen (secondary N) is 2. The van der Waals surface area contributed by atoms with E-state index in [4.69, 9.17) is 0 Å². The maximum absolute atomic E-state index is 11.0. The van der Waals surface area contributed by atoms with E-state index in [1.165, 1.54) is 12.1 Å². The molecule has 1 aromatic carbocycles. The molecule has 1 atom stereocenters. The average Bonchev–Trinajstić information content (AvgIpc) is 2.46. The summed E-state index contributed by atoms with van der Waals surface area (Å²) in [5.41, 5.74) is -0.213. The molecule has 1 aromatic rings. The minimum atomic E-state index is -0.666. The maximum Gasteiger partial charge on any atom is 0.280 e. The van der Waals surface area contributed by atoms with Crippen LogP contribution >= 0.6 is 0 Å². The lowest BCUT2D eigenvalue weighted by atomic mass is 10.1. The van der Waals surface area contributed by atoms with Crippen LogP contribution in [0.1, 0.15) is 18.4 Å². The quantitative estimate of drug-likeness (QED) is 0.612. The Kier molecular flexibility index (Phi) is 4.43. The van der Waals surface area contributed by atoms with E-state index in [1.54, 1.807) is 0 Å². The van der Waals surface area contributed by atoms with Crippen LogP contribution in [0, 0.1) is 20.2 Å². The van der Waals surface area contributed by atoms with Gasteiger partial charge in [0.15, 0.2) is 0 Å². The second-order valence-corrected chi connectivity index (χ2v) is 4.75. The van der Waals surface area contributed by atoms with Gasteiger partial charge in [-0.2, -0.15) is 0 Å². The zero-order valence-corrected chi connectivity index (χ0v) is 11.1. The minimum Gasteiger partial charge on any atom is -0.355 e. The molecule has 1 heterocycles. The summed E-state index contributed by atoms with van der Waals surface area (Å²) in [4.78, 5) is 31.4. The molecule has 0 spiro atoms. The van der Waals surface area contributed by atoms with Crippen molar-refractivity contribution >= 4 is 17.3 Å². The van der Waals surface area contributed by atoms with Crippen molar-refractivity contribution in [2.45, 2.75) is 25.4 Å². The number of amides is 1. The van der Waals surface area contributed by atoms with Gasteiger partial charge in [0.05, 0.1) is 15.9 Å². The van der Waals surface area contributed by atoms with Gasteiger partial charge in [0.2, 0.25) is 5.91 Å². The van der Waals surface area contributed by atoms with E-state index in [0.29, 0.717) is 24.9 Å². The molecule has 1 amide bonds. The number of rotatable bonds is 5. The standard InChI is InChI=1S/C12H14N4O5/c17-12-4-2-9(7-14-12)13-6-8-1-3-10(15(18)19)5-11(8)16(20)21/h1,3,5,9,13H,2,4,6-7H2,(H,14,17). The molecule has 1 aliphatic rings. The van der Waals surface area contributed by atoms with Crippen molar-refractivity contribution in [2.24, 2.45) is 0 Å². The van der Waals surface area contributed by atoms with Crippen molar-refractivity contribution in [2.75, 3.05) is 6.54 Å². The van der Waals surface area contributed by atoms with Crippen molar-refractivity contribution in [3.8, 4) is 0 Å². The van der Waals surface area contributed by atoms with Crippen LogP contribution in [-0.2, 0) is 11.3 Å². The van der Waals surface area contributed by atoms with Crippen LogP contribution in [0.5, 0.6) is 0 Å². The van der Waals surface area contributed by atoms with E-state index in [1.807, 2.05) is 0 Å². The first kappa shape index (κ1) is 14.9. The van der Waals surface area contributed by atoms with Gasteiger partial charge in [-0.15, -0.1) is 0 Å². The summed E-state index contributed by atoms with van der Waals surface area (Å²) >= 11 is 0. The third-order valence-electron chi connectivity index (χ3n) is 3.32. The third kappa shape index (κ3) is 3.72. The first-order valence-electron chi connectivity index (χ1n) is 6.39. The Hall–Kier alpha value is -2.55. The summed E-state index contributed by atoms with van der Waals surface area (Å²) in [5.74, 6) is -0.00522. The van der Waals surface area contributed by atoms with E-state index in [2.05, 4.69) is 10.6 Å². The minimum absolute atomic E-state index is 0.00522.